The molecule has 17 heavy (non-hydrogen) atoms. The third kappa shape index (κ3) is 2.11. The highest BCUT2D eigenvalue weighted by Gasteiger charge is 2.28. The van der Waals surface area contributed by atoms with Crippen molar-refractivity contribution in [2.75, 3.05) is 22.3 Å². The van der Waals surface area contributed by atoms with Crippen molar-refractivity contribution in [3.63, 3.8) is 0 Å². The second-order valence-electron chi connectivity index (χ2n) is 4.54. The summed E-state index contributed by atoms with van der Waals surface area (Å²) in [5, 5.41) is 0. The van der Waals surface area contributed by atoms with E-state index < -0.39 is 10.0 Å². The Labute approximate surface area is 102 Å². The third-order valence-corrected chi connectivity index (χ3v) is 5.11. The average Bonchev–Trinajstić information content (AvgIpc) is 2.26. The summed E-state index contributed by atoms with van der Waals surface area (Å²) in [7, 11) is -3.16. The van der Waals surface area contributed by atoms with E-state index in [1.807, 2.05) is 26.0 Å². The SMILES string of the molecule is Cc1ccc(N)c(C)c1N1CCCCS1(=O)=O. The van der Waals surface area contributed by atoms with Crippen molar-refractivity contribution >= 4 is 21.4 Å². The van der Waals surface area contributed by atoms with Crippen LogP contribution in [-0.4, -0.2) is 20.7 Å². The van der Waals surface area contributed by atoms with Crippen molar-refractivity contribution in [1.82, 2.24) is 0 Å². The molecule has 1 aromatic carbocycles. The molecule has 0 amide bonds. The van der Waals surface area contributed by atoms with Gasteiger partial charge in [-0.2, -0.15) is 0 Å². The Hall–Kier alpha value is -1.23. The minimum absolute atomic E-state index is 0.237. The summed E-state index contributed by atoms with van der Waals surface area (Å²) in [6.07, 6.45) is 1.66. The van der Waals surface area contributed by atoms with Gasteiger partial charge in [0.25, 0.3) is 0 Å². The zero-order valence-corrected chi connectivity index (χ0v) is 11.0. The number of rotatable bonds is 1. The van der Waals surface area contributed by atoms with E-state index >= 15 is 0 Å². The summed E-state index contributed by atoms with van der Waals surface area (Å²) < 4.78 is 25.7. The molecule has 0 aliphatic carbocycles. The summed E-state index contributed by atoms with van der Waals surface area (Å²) in [5.74, 6) is 0.237. The molecule has 0 atom stereocenters. The van der Waals surface area contributed by atoms with Crippen molar-refractivity contribution in [2.24, 2.45) is 0 Å². The van der Waals surface area contributed by atoms with E-state index in [2.05, 4.69) is 0 Å². The quantitative estimate of drug-likeness (QED) is 0.777. The molecule has 1 saturated heterocycles. The lowest BCUT2D eigenvalue weighted by molar-refractivity contribution is 0.574. The van der Waals surface area contributed by atoms with Crippen molar-refractivity contribution in [2.45, 2.75) is 26.7 Å². The fourth-order valence-electron chi connectivity index (χ4n) is 2.27. The largest absolute Gasteiger partial charge is 0.398 e. The molecule has 0 radical (unpaired) electrons. The van der Waals surface area contributed by atoms with Gasteiger partial charge in [-0.25, -0.2) is 8.42 Å². The topological polar surface area (TPSA) is 63.4 Å². The Kier molecular flexibility index (Phi) is 3.03. The number of benzene rings is 1. The van der Waals surface area contributed by atoms with Crippen LogP contribution in [0, 0.1) is 13.8 Å². The molecule has 0 saturated carbocycles. The fourth-order valence-corrected chi connectivity index (χ4v) is 4.03. The van der Waals surface area contributed by atoms with Gasteiger partial charge < -0.3 is 5.73 Å². The molecule has 4 nitrogen and oxygen atoms in total. The van der Waals surface area contributed by atoms with E-state index in [1.54, 1.807) is 0 Å². The van der Waals surface area contributed by atoms with Gasteiger partial charge in [-0.15, -0.1) is 0 Å². The Balaban J connectivity index is 2.57. The maximum absolute atomic E-state index is 12.1. The van der Waals surface area contributed by atoms with Crippen molar-refractivity contribution in [1.29, 1.82) is 0 Å². The Morgan fingerprint density at radius 3 is 2.59 bits per heavy atom. The molecule has 1 aliphatic rings. The molecule has 1 fully saturated rings. The lowest BCUT2D eigenvalue weighted by atomic mass is 10.1. The van der Waals surface area contributed by atoms with E-state index in [4.69, 9.17) is 5.73 Å². The van der Waals surface area contributed by atoms with Crippen LogP contribution in [0.15, 0.2) is 12.1 Å². The normalized spacial score (nSPS) is 19.3. The highest BCUT2D eigenvalue weighted by Crippen LogP contribution is 2.32. The first-order valence-corrected chi connectivity index (χ1v) is 7.40. The van der Waals surface area contributed by atoms with E-state index in [0.717, 1.165) is 29.7 Å². The molecule has 0 bridgehead atoms. The number of sulfonamides is 1. The zero-order chi connectivity index (χ0) is 12.6. The highest BCUT2D eigenvalue weighted by atomic mass is 32.2. The minimum atomic E-state index is -3.16. The second kappa shape index (κ2) is 4.22. The molecule has 94 valence electrons. The van der Waals surface area contributed by atoms with Crippen LogP contribution in [0.1, 0.15) is 24.0 Å². The first kappa shape index (κ1) is 12.2. The molecule has 2 N–H and O–H groups in total. The number of nitrogens with two attached hydrogens (primary N) is 1. The van der Waals surface area contributed by atoms with Gasteiger partial charge in [-0.1, -0.05) is 6.07 Å². The summed E-state index contributed by atoms with van der Waals surface area (Å²) in [6, 6.07) is 3.70. The van der Waals surface area contributed by atoms with E-state index in [0.29, 0.717) is 12.2 Å². The minimum Gasteiger partial charge on any atom is -0.398 e. The van der Waals surface area contributed by atoms with E-state index in [1.165, 1.54) is 4.31 Å². The Morgan fingerprint density at radius 2 is 1.94 bits per heavy atom. The van der Waals surface area contributed by atoms with Crippen LogP contribution < -0.4 is 10.0 Å². The molecule has 5 heteroatoms. The maximum Gasteiger partial charge on any atom is 0.235 e. The van der Waals surface area contributed by atoms with Gasteiger partial charge >= 0.3 is 0 Å². The number of aryl methyl sites for hydroxylation is 1. The zero-order valence-electron chi connectivity index (χ0n) is 10.2. The van der Waals surface area contributed by atoms with Crippen molar-refractivity contribution in [3.05, 3.63) is 23.3 Å². The Bertz CT molecular complexity index is 538. The number of nitrogens with zero attached hydrogens (tertiary/aromatic N) is 1. The lowest BCUT2D eigenvalue weighted by Crippen LogP contribution is -2.38. The second-order valence-corrected chi connectivity index (χ2v) is 6.55. The summed E-state index contributed by atoms with van der Waals surface area (Å²) in [4.78, 5) is 0. The van der Waals surface area contributed by atoms with Crippen LogP contribution in [-0.2, 0) is 10.0 Å². The standard InChI is InChI=1S/C12H18N2O2S/c1-9-5-6-11(13)10(2)12(9)14-7-3-4-8-17(14,15)16/h5-6H,3-4,7-8,13H2,1-2H3. The van der Waals surface area contributed by atoms with E-state index in [-0.39, 0.29) is 5.75 Å². The third-order valence-electron chi connectivity index (χ3n) is 3.27. The van der Waals surface area contributed by atoms with Crippen molar-refractivity contribution < 1.29 is 8.42 Å². The summed E-state index contributed by atoms with van der Waals surface area (Å²) in [5.41, 5.74) is 9.09. The van der Waals surface area contributed by atoms with Gasteiger partial charge in [0.1, 0.15) is 0 Å². The van der Waals surface area contributed by atoms with Gasteiger partial charge in [0.15, 0.2) is 0 Å². The van der Waals surface area contributed by atoms with Crippen LogP contribution >= 0.6 is 0 Å². The smallest absolute Gasteiger partial charge is 0.235 e. The van der Waals surface area contributed by atoms with Crippen LogP contribution in [0.2, 0.25) is 0 Å². The monoisotopic (exact) mass is 254 g/mol. The van der Waals surface area contributed by atoms with Crippen molar-refractivity contribution in [3.8, 4) is 0 Å². The lowest BCUT2D eigenvalue weighted by Gasteiger charge is -2.31. The number of anilines is 2. The number of hydrogen-bond acceptors (Lipinski definition) is 3. The van der Waals surface area contributed by atoms with Gasteiger partial charge in [-0.05, 0) is 43.9 Å². The molecular formula is C12H18N2O2S. The van der Waals surface area contributed by atoms with Gasteiger partial charge in [0.05, 0.1) is 11.4 Å². The van der Waals surface area contributed by atoms with Gasteiger partial charge in [0.2, 0.25) is 10.0 Å². The molecule has 0 aromatic heterocycles. The average molecular weight is 254 g/mol. The molecule has 1 heterocycles. The number of nitrogen functional groups attached to an aromatic ring is 1. The maximum atomic E-state index is 12.1. The Morgan fingerprint density at radius 1 is 1.24 bits per heavy atom. The first-order chi connectivity index (χ1) is 7.93. The van der Waals surface area contributed by atoms with Crippen LogP contribution in [0.25, 0.3) is 0 Å². The van der Waals surface area contributed by atoms with Crippen LogP contribution in [0.5, 0.6) is 0 Å². The van der Waals surface area contributed by atoms with Crippen LogP contribution in [0.3, 0.4) is 0 Å². The van der Waals surface area contributed by atoms with E-state index in [9.17, 15) is 8.42 Å². The molecule has 1 aromatic rings. The molecular weight excluding hydrogens is 236 g/mol. The number of hydrogen-bond donors (Lipinski definition) is 1. The summed E-state index contributed by atoms with van der Waals surface area (Å²) in [6.45, 7) is 4.36. The first-order valence-electron chi connectivity index (χ1n) is 5.79. The fraction of sp³-hybridized carbons (Fsp3) is 0.500. The van der Waals surface area contributed by atoms with Gasteiger partial charge in [0, 0.05) is 12.2 Å². The molecule has 0 unspecified atom stereocenters. The van der Waals surface area contributed by atoms with Crippen LogP contribution in [0.4, 0.5) is 11.4 Å². The molecule has 2 rings (SSSR count). The summed E-state index contributed by atoms with van der Waals surface area (Å²) >= 11 is 0. The predicted molar refractivity (Wildman–Crippen MR) is 70.7 cm³/mol. The highest BCUT2D eigenvalue weighted by molar-refractivity contribution is 7.92. The molecule has 1 aliphatic heterocycles. The predicted octanol–water partition coefficient (Wildman–Crippen LogP) is 1.82. The molecule has 0 spiro atoms. The van der Waals surface area contributed by atoms with Gasteiger partial charge in [-0.3, -0.25) is 4.31 Å².